The molecular weight excluding hydrogens is 546 g/mol. The number of methoxy groups -OCH3 is 3. The van der Waals surface area contributed by atoms with Gasteiger partial charge in [0.2, 0.25) is 0 Å². The molecule has 0 aliphatic carbocycles. The van der Waals surface area contributed by atoms with Gasteiger partial charge in [0.1, 0.15) is 34.6 Å². The zero-order valence-electron chi connectivity index (χ0n) is 22.5. The Labute approximate surface area is 240 Å². The first-order valence-corrected chi connectivity index (χ1v) is 12.8. The number of hydrogen-bond donors (Lipinski definition) is 1. The lowest BCUT2D eigenvalue weighted by Gasteiger charge is -2.20. The van der Waals surface area contributed by atoms with E-state index in [1.54, 1.807) is 67.0 Å². The van der Waals surface area contributed by atoms with E-state index in [0.29, 0.717) is 50.5 Å². The number of pyridine rings is 2. The summed E-state index contributed by atoms with van der Waals surface area (Å²) in [6, 6.07) is 18.8. The number of fused-ring (bicyclic) bond motifs is 1. The van der Waals surface area contributed by atoms with Crippen LogP contribution in [-0.2, 0) is 11.3 Å². The van der Waals surface area contributed by atoms with Crippen molar-refractivity contribution in [3.05, 3.63) is 106 Å². The first-order valence-electron chi connectivity index (χ1n) is 12.5. The zero-order valence-corrected chi connectivity index (χ0v) is 23.3. The minimum Gasteiger partial charge on any atom is -0.495 e. The Bertz CT molecular complexity index is 1780. The number of nitrogens with two attached hydrogens (primary N) is 1. The molecule has 5 aromatic rings. The fraction of sp³-hybridized carbons (Fsp3) is 0.129. The first-order chi connectivity index (χ1) is 19.9. The molecule has 208 valence electrons. The van der Waals surface area contributed by atoms with Crippen molar-refractivity contribution in [3.63, 3.8) is 0 Å². The van der Waals surface area contributed by atoms with Gasteiger partial charge in [0.25, 0.3) is 5.56 Å². The average Bonchev–Trinajstić information content (AvgIpc) is 3.01. The van der Waals surface area contributed by atoms with Crippen LogP contribution >= 0.6 is 11.6 Å². The van der Waals surface area contributed by atoms with Crippen molar-refractivity contribution >= 4 is 34.0 Å². The second-order valence-corrected chi connectivity index (χ2v) is 9.37. The Morgan fingerprint density at radius 2 is 1.56 bits per heavy atom. The smallest absolute Gasteiger partial charge is 0.355 e. The van der Waals surface area contributed by atoms with E-state index in [0.717, 1.165) is 5.56 Å². The molecule has 0 spiro atoms. The second-order valence-electron chi connectivity index (χ2n) is 8.99. The van der Waals surface area contributed by atoms with Crippen molar-refractivity contribution in [1.82, 2.24) is 9.55 Å². The summed E-state index contributed by atoms with van der Waals surface area (Å²) in [6.45, 7) is 0.277. The highest BCUT2D eigenvalue weighted by Crippen LogP contribution is 2.42. The van der Waals surface area contributed by atoms with Gasteiger partial charge in [-0.15, -0.1) is 0 Å². The van der Waals surface area contributed by atoms with Gasteiger partial charge in [-0.05, 0) is 83.2 Å². The van der Waals surface area contributed by atoms with Gasteiger partial charge in [0.15, 0.2) is 0 Å². The molecule has 2 heterocycles. The van der Waals surface area contributed by atoms with E-state index in [1.807, 2.05) is 12.1 Å². The van der Waals surface area contributed by atoms with E-state index in [-0.39, 0.29) is 17.3 Å². The minimum atomic E-state index is -0.721. The van der Waals surface area contributed by atoms with Crippen LogP contribution in [0.15, 0.2) is 83.9 Å². The molecular formula is C31H26ClN3O6. The number of carbonyl (C=O) groups is 1. The fourth-order valence-corrected chi connectivity index (χ4v) is 4.84. The lowest BCUT2D eigenvalue weighted by Crippen LogP contribution is -2.27. The number of ether oxygens (including phenoxy) is 4. The Balaban J connectivity index is 1.84. The molecule has 0 aliphatic rings. The van der Waals surface area contributed by atoms with Crippen LogP contribution in [0.4, 0.5) is 5.69 Å². The fourth-order valence-electron chi connectivity index (χ4n) is 4.58. The number of nitrogens with zero attached hydrogens (tertiary/aromatic N) is 2. The maximum atomic E-state index is 14.2. The van der Waals surface area contributed by atoms with Crippen molar-refractivity contribution in [2.45, 2.75) is 6.61 Å². The van der Waals surface area contributed by atoms with Crippen LogP contribution in [0.25, 0.3) is 27.6 Å². The lowest BCUT2D eigenvalue weighted by atomic mass is 9.95. The molecule has 41 heavy (non-hydrogen) atoms. The van der Waals surface area contributed by atoms with Crippen molar-refractivity contribution in [2.24, 2.45) is 0 Å². The molecule has 0 bridgehead atoms. The number of anilines is 1. The van der Waals surface area contributed by atoms with Gasteiger partial charge in [-0.1, -0.05) is 11.6 Å². The molecule has 0 atom stereocenters. The lowest BCUT2D eigenvalue weighted by molar-refractivity contribution is 0.0591. The molecule has 10 heteroatoms. The summed E-state index contributed by atoms with van der Waals surface area (Å²) in [5, 5.41) is 1.07. The summed E-state index contributed by atoms with van der Waals surface area (Å²) in [5.74, 6) is 0.403. The monoisotopic (exact) mass is 571 g/mol. The van der Waals surface area contributed by atoms with Crippen LogP contribution in [-0.4, -0.2) is 36.8 Å². The summed E-state index contributed by atoms with van der Waals surface area (Å²) in [4.78, 5) is 31.6. The van der Waals surface area contributed by atoms with Crippen LogP contribution in [0, 0.1) is 0 Å². The highest BCUT2D eigenvalue weighted by atomic mass is 35.5. The number of hydrogen-bond acceptors (Lipinski definition) is 8. The number of carbonyl (C=O) groups excluding carboxylic acids is 1. The number of benzene rings is 3. The third-order valence-electron chi connectivity index (χ3n) is 6.57. The summed E-state index contributed by atoms with van der Waals surface area (Å²) in [5.41, 5.74) is 8.25. The van der Waals surface area contributed by atoms with Gasteiger partial charge >= 0.3 is 5.97 Å². The number of rotatable bonds is 8. The average molecular weight is 572 g/mol. The highest BCUT2D eigenvalue weighted by Gasteiger charge is 2.27. The minimum absolute atomic E-state index is 0.00616. The first kappa shape index (κ1) is 27.5. The van der Waals surface area contributed by atoms with Gasteiger partial charge in [0, 0.05) is 29.3 Å². The third kappa shape index (κ3) is 5.27. The molecule has 2 N–H and O–H groups in total. The Morgan fingerprint density at radius 3 is 2.17 bits per heavy atom. The van der Waals surface area contributed by atoms with E-state index in [1.165, 1.54) is 25.9 Å². The van der Waals surface area contributed by atoms with Crippen molar-refractivity contribution < 1.29 is 23.7 Å². The number of aromatic nitrogens is 2. The predicted octanol–water partition coefficient (Wildman–Crippen LogP) is 5.67. The van der Waals surface area contributed by atoms with Crippen LogP contribution in [0.1, 0.15) is 16.1 Å². The van der Waals surface area contributed by atoms with E-state index < -0.39 is 11.5 Å². The number of nitrogen functional groups attached to an aromatic ring is 1. The summed E-state index contributed by atoms with van der Waals surface area (Å²) in [6.07, 6.45) is 3.36. The van der Waals surface area contributed by atoms with Gasteiger partial charge in [-0.25, -0.2) is 4.79 Å². The summed E-state index contributed by atoms with van der Waals surface area (Å²) in [7, 11) is 4.21. The topological polar surface area (TPSA) is 115 Å². The van der Waals surface area contributed by atoms with Crippen molar-refractivity contribution in [1.29, 1.82) is 0 Å². The molecule has 0 aliphatic heterocycles. The SMILES string of the molecule is COC(=O)c1c(-c2cc(OC)c(Cl)c(OC)c2)c2ccc(OCc3ccncc3)cc2c(=O)n1-c1ccc(N)cc1. The van der Waals surface area contributed by atoms with Crippen molar-refractivity contribution in [2.75, 3.05) is 27.1 Å². The predicted molar refractivity (Wildman–Crippen MR) is 157 cm³/mol. The Kier molecular flexibility index (Phi) is 7.80. The van der Waals surface area contributed by atoms with E-state index in [9.17, 15) is 9.59 Å². The zero-order chi connectivity index (χ0) is 29.1. The van der Waals surface area contributed by atoms with Gasteiger partial charge in [-0.3, -0.25) is 14.3 Å². The standard InChI is InChI=1S/C31H26ClN3O6/c1-38-25-14-19(15-26(39-2)28(25)32)27-23-9-8-22(41-17-18-10-12-34-13-11-18)16-24(23)30(36)35(29(27)31(37)40-3)21-6-4-20(33)5-7-21/h4-16H,17,33H2,1-3H3. The summed E-state index contributed by atoms with van der Waals surface area (Å²) < 4.78 is 23.5. The maximum absolute atomic E-state index is 14.2. The van der Waals surface area contributed by atoms with Crippen LogP contribution in [0.3, 0.4) is 0 Å². The maximum Gasteiger partial charge on any atom is 0.355 e. The molecule has 0 radical (unpaired) electrons. The normalized spacial score (nSPS) is 10.8. The molecule has 5 rings (SSSR count). The van der Waals surface area contributed by atoms with E-state index in [2.05, 4.69) is 4.98 Å². The molecule has 0 saturated heterocycles. The molecule has 0 amide bonds. The molecule has 3 aromatic carbocycles. The largest absolute Gasteiger partial charge is 0.495 e. The third-order valence-corrected chi connectivity index (χ3v) is 6.95. The molecule has 0 unspecified atom stereocenters. The quantitative estimate of drug-likeness (QED) is 0.187. The Hall–Kier alpha value is -5.02. The van der Waals surface area contributed by atoms with E-state index >= 15 is 0 Å². The summed E-state index contributed by atoms with van der Waals surface area (Å²) >= 11 is 6.46. The Morgan fingerprint density at radius 1 is 0.902 bits per heavy atom. The molecule has 0 fully saturated rings. The van der Waals surface area contributed by atoms with Crippen LogP contribution < -0.4 is 25.5 Å². The number of esters is 1. The second kappa shape index (κ2) is 11.6. The van der Waals surface area contributed by atoms with Gasteiger partial charge in [-0.2, -0.15) is 0 Å². The van der Waals surface area contributed by atoms with Crippen LogP contribution in [0.5, 0.6) is 17.2 Å². The van der Waals surface area contributed by atoms with Gasteiger partial charge in [0.05, 0.1) is 26.7 Å². The molecule has 2 aromatic heterocycles. The van der Waals surface area contributed by atoms with Gasteiger partial charge < -0.3 is 24.7 Å². The van der Waals surface area contributed by atoms with Crippen LogP contribution in [0.2, 0.25) is 5.02 Å². The molecule has 0 saturated carbocycles. The highest BCUT2D eigenvalue weighted by molar-refractivity contribution is 6.33. The number of halogens is 1. The van der Waals surface area contributed by atoms with Crippen molar-refractivity contribution in [3.8, 4) is 34.1 Å². The molecule has 9 nitrogen and oxygen atoms in total. The van der Waals surface area contributed by atoms with E-state index in [4.69, 9.17) is 36.3 Å².